The maximum Gasteiger partial charge on any atom is 1.00 e. The maximum absolute atomic E-state index is 8.61. The van der Waals surface area contributed by atoms with Crippen LogP contribution >= 0.6 is 244 Å². The van der Waals surface area contributed by atoms with E-state index in [0.717, 1.165) is 22.5 Å². The summed E-state index contributed by atoms with van der Waals surface area (Å²) in [5.74, 6) is 3.42. The van der Waals surface area contributed by atoms with Gasteiger partial charge >= 0.3 is 103 Å². The third-order valence-corrected chi connectivity index (χ3v) is 7.71. The second kappa shape index (κ2) is 109. The van der Waals surface area contributed by atoms with Gasteiger partial charge in [-0.2, -0.15) is 26.1 Å². The molecule has 2 aromatic carbocycles. The zero-order chi connectivity index (χ0) is 38.7. The summed E-state index contributed by atoms with van der Waals surface area (Å²) in [7, 11) is 1.75. The molecule has 4 N–H and O–H groups in total. The summed E-state index contributed by atoms with van der Waals surface area (Å²) in [5, 5.41) is 24.6. The number of aliphatic hydroxyl groups excluding tert-OH is 3. The summed E-state index contributed by atoms with van der Waals surface area (Å²) in [6.07, 6.45) is 0. The summed E-state index contributed by atoms with van der Waals surface area (Å²) < 4.78 is 25.1. The van der Waals surface area contributed by atoms with E-state index in [9.17, 15) is 0 Å². The van der Waals surface area contributed by atoms with Crippen molar-refractivity contribution in [3.63, 3.8) is 0 Å². The third-order valence-electron chi connectivity index (χ3n) is 3.12. The number of thioether (sulfide) groups is 3. The summed E-state index contributed by atoms with van der Waals surface area (Å²) >= 11 is 44.3. The Kier molecular flexibility index (Phi) is 195. The Morgan fingerprint density at radius 3 is 1.37 bits per heavy atom. The minimum Gasteiger partial charge on any atom is -0.870 e. The van der Waals surface area contributed by atoms with E-state index in [1.54, 1.807) is 23.5 Å². The molecule has 0 atom stereocenters. The number of epoxide rings is 1. The molecule has 1 saturated heterocycles. The van der Waals surface area contributed by atoms with Gasteiger partial charge in [-0.1, -0.05) is 106 Å². The number of alkyl halides is 1. The molecule has 54 heavy (non-hydrogen) atoms. The van der Waals surface area contributed by atoms with Crippen LogP contribution in [0.5, 0.6) is 0 Å². The fourth-order valence-electron chi connectivity index (χ4n) is 1.58. The van der Waals surface area contributed by atoms with Gasteiger partial charge < -0.3 is 50.4 Å². The van der Waals surface area contributed by atoms with E-state index in [4.69, 9.17) is 43.2 Å². The van der Waals surface area contributed by atoms with Crippen molar-refractivity contribution >= 4 is 277 Å². The van der Waals surface area contributed by atoms with Crippen molar-refractivity contribution in [2.45, 2.75) is 41.3 Å². The molecule has 1 aliphatic heterocycles. The van der Waals surface area contributed by atoms with Crippen molar-refractivity contribution in [2.75, 3.05) is 50.3 Å². The largest absolute Gasteiger partial charge is 1.00 e. The zero-order valence-corrected chi connectivity index (χ0v) is 56.8. The van der Waals surface area contributed by atoms with Gasteiger partial charge in [-0.25, -0.2) is 0 Å². The number of aliphatic hydroxyl groups is 3. The first-order valence-electron chi connectivity index (χ1n) is 13.6. The maximum atomic E-state index is 8.61. The third kappa shape index (κ3) is 124. The van der Waals surface area contributed by atoms with Crippen molar-refractivity contribution in [1.82, 2.24) is 0 Å². The molecule has 1 radical (unpaired) electrons. The van der Waals surface area contributed by atoms with Crippen LogP contribution in [0.4, 0.5) is 0 Å². The number of hydrogen-bond donors (Lipinski definition) is 4. The molecule has 1 heterocycles. The quantitative estimate of drug-likeness (QED) is 0.0409. The van der Waals surface area contributed by atoms with Gasteiger partial charge in [-0.15, -0.1) is 94.8 Å². The second-order valence-corrected chi connectivity index (χ2v) is 13.5. The molecule has 1 fully saturated rings. The molecule has 0 aliphatic carbocycles. The van der Waals surface area contributed by atoms with E-state index < -0.39 is 0 Å². The Labute approximate surface area is 559 Å². The van der Waals surface area contributed by atoms with Crippen LogP contribution in [0, 0.1) is 0 Å². The molecular formula is C29H57BClI6K2O5S10. The molecule has 1 aliphatic rings. The van der Waals surface area contributed by atoms with Crippen LogP contribution in [0.15, 0.2) is 60.7 Å². The molecule has 2 aromatic rings. The van der Waals surface area contributed by atoms with Gasteiger partial charge in [0.25, 0.3) is 0 Å². The van der Waals surface area contributed by atoms with Crippen LogP contribution in [-0.2, 0) is 29.0 Å². The number of thiocarbonyl (C=S) groups is 4. The SMILES string of the molecule is C.C.C.C1CO1.ClCc1ccccc1.I.I.II.II.OCCS.OCCSC(=S)SCc1ccccc1.OCCSC(=S)[S-].S.S=C=S.[2H][B][3H].[3H]C.[K+].[K+].[OH-]. The molecule has 0 bridgehead atoms. The van der Waals surface area contributed by atoms with Crippen LogP contribution in [0.1, 0.15) is 42.2 Å². The minimum atomic E-state index is 0. The van der Waals surface area contributed by atoms with E-state index in [-0.39, 0.29) is 212 Å². The molecule has 3 rings (SSSR count). The first kappa shape index (κ1) is 96.6. The zero-order valence-electron chi connectivity index (χ0n) is 31.0. The molecule has 0 unspecified atom stereocenters. The van der Waals surface area contributed by atoms with E-state index in [2.05, 4.69) is 153 Å². The summed E-state index contributed by atoms with van der Waals surface area (Å²) in [6.45, 7) is 2.53. The Balaban J connectivity index is -0.0000000249. The van der Waals surface area contributed by atoms with Gasteiger partial charge in [-0.05, 0) is 38.2 Å². The van der Waals surface area contributed by atoms with Gasteiger partial charge in [0.15, 0.2) is 0 Å². The van der Waals surface area contributed by atoms with Gasteiger partial charge in [0.05, 0.1) is 41.4 Å². The van der Waals surface area contributed by atoms with Gasteiger partial charge in [0.1, 0.15) is 3.53 Å². The van der Waals surface area contributed by atoms with Gasteiger partial charge in [0, 0.05) is 109 Å². The van der Waals surface area contributed by atoms with Crippen LogP contribution in [0.25, 0.3) is 0 Å². The molecule has 0 aromatic heterocycles. The number of hydrogen-bond acceptors (Lipinski definition) is 14. The molecule has 0 saturated carbocycles. The number of benzene rings is 2. The van der Waals surface area contributed by atoms with Crippen molar-refractivity contribution in [3.8, 4) is 0 Å². The topological polar surface area (TPSA) is 103 Å². The Bertz CT molecular complexity index is 908. The molecule has 25 heteroatoms. The van der Waals surface area contributed by atoms with Crippen molar-refractivity contribution in [2.24, 2.45) is 0 Å². The molecule has 0 spiro atoms. The van der Waals surface area contributed by atoms with E-state index in [1.807, 2.05) is 52.8 Å². The molecular weight excluding hydrogens is 1630 g/mol. The van der Waals surface area contributed by atoms with E-state index >= 15 is 0 Å². The Hall–Kier alpha value is 8.62. The number of rotatable bonds is 8. The standard InChI is InChI=1S/C10H12OS3.C7H7Cl.C3H6OS3.C2H6OS.C2H4O.CS2.4CH4.BH2.2I2.2HI.2K.H2O.H2S/c11-6-7-13-10(12)14-8-9-4-2-1-3-5-9;8-6-7-4-2-1-3-5-7;4-1-2-7-3(5)6;3-1-2-4;1-2-3-1;2-1-3;;;;;;2*1-2;;;;;;/h1-5,11H,6-8H2;1-5H,6H2;4H,1-2H2,(H,5,6);3-4H,1-2H2;1-2H2;;4*1H4;1H2;;;2*1H;;;2*1H2/q;;;;;;;;;;;;;;;2*+1;;/p-2/i;;;;;;1T;;;;1TD;;;;;;;;. The van der Waals surface area contributed by atoms with Crippen molar-refractivity contribution in [1.29, 1.82) is 2.67 Å². The fraction of sp³-hybridized carbons (Fsp3) is 0.483. The van der Waals surface area contributed by atoms with E-state index in [1.165, 1.54) is 30.3 Å². The van der Waals surface area contributed by atoms with Crippen LogP contribution in [0.3, 0.4) is 0 Å². The summed E-state index contributed by atoms with van der Waals surface area (Å²) in [6, 6.07) is 20.2. The van der Waals surface area contributed by atoms with E-state index in [0.29, 0.717) is 35.0 Å². The average molecular weight is 1700 g/mol. The molecule has 0 amide bonds. The molecule has 317 valence electrons. The van der Waals surface area contributed by atoms with Crippen LogP contribution < -0.4 is 103 Å². The van der Waals surface area contributed by atoms with Crippen molar-refractivity contribution in [3.05, 3.63) is 71.8 Å². The smallest absolute Gasteiger partial charge is 0.870 e. The van der Waals surface area contributed by atoms with Gasteiger partial charge in [-0.3, -0.25) is 0 Å². The number of thiol groups is 1. The Morgan fingerprint density at radius 1 is 0.870 bits per heavy atom. The van der Waals surface area contributed by atoms with Gasteiger partial charge in [0.2, 0.25) is 0 Å². The first-order valence-corrected chi connectivity index (χ1v) is 30.2. The average Bonchev–Trinajstić information content (AvgIpc) is 4.04. The monoisotopic (exact) mass is 1700 g/mol. The predicted molar refractivity (Wildman–Crippen MR) is 332 cm³/mol. The first-order chi connectivity index (χ1) is 23.3. The van der Waals surface area contributed by atoms with Crippen LogP contribution in [0.2, 0.25) is 0 Å². The molecule has 5 nitrogen and oxygen atoms in total. The van der Waals surface area contributed by atoms with Crippen molar-refractivity contribution < 1.29 is 130 Å². The summed E-state index contributed by atoms with van der Waals surface area (Å²) in [5.41, 5.74) is 2.46. The fourth-order valence-corrected chi connectivity index (χ4v) is 4.44. The van der Waals surface area contributed by atoms with Crippen LogP contribution in [-0.4, -0.2) is 93.5 Å². The predicted octanol–water partition coefficient (Wildman–Crippen LogP) is 7.19. The Morgan fingerprint density at radius 2 is 1.17 bits per heavy atom. The normalized spacial score (nSPS) is 7.78. The summed E-state index contributed by atoms with van der Waals surface area (Å²) in [4.78, 5) is 0. The second-order valence-electron chi connectivity index (χ2n) is 6.18. The minimum absolute atomic E-state index is 0. The number of ether oxygens (including phenoxy) is 1. The number of halogens is 7.